The smallest absolute Gasteiger partial charge is 0.214 e. The van der Waals surface area contributed by atoms with E-state index in [1.165, 1.54) is 4.90 Å². The molecule has 0 fully saturated rings. The fraction of sp³-hybridized carbons (Fsp3) is 0.600. The summed E-state index contributed by atoms with van der Waals surface area (Å²) in [4.78, 5) is 3.24. The Morgan fingerprint density at radius 2 is 1.67 bits per heavy atom. The molecule has 1 aromatic carbocycles. The second kappa shape index (κ2) is 7.24. The van der Waals surface area contributed by atoms with Gasteiger partial charge in [-0.25, -0.2) is 13.1 Å². The molecular weight excluding hydrogens is 286 g/mol. The minimum absolute atomic E-state index is 0.0923. The van der Waals surface area contributed by atoms with Crippen LogP contribution in [0.1, 0.15) is 25.5 Å². The van der Waals surface area contributed by atoms with Crippen LogP contribution in [0.3, 0.4) is 0 Å². The van der Waals surface area contributed by atoms with E-state index in [0.29, 0.717) is 6.54 Å². The number of nitrogens with zero attached hydrogens (tertiary/aromatic N) is 1. The van der Waals surface area contributed by atoms with Crippen LogP contribution in [0, 0.1) is 0 Å². The highest BCUT2D eigenvalue weighted by Crippen LogP contribution is 2.16. The third kappa shape index (κ3) is 4.98. The fourth-order valence-electron chi connectivity index (χ4n) is 2.03. The maximum atomic E-state index is 11.9. The molecule has 5 nitrogen and oxygen atoms in total. The van der Waals surface area contributed by atoms with Crippen LogP contribution in [0.25, 0.3) is 0 Å². The number of hydrogen-bond acceptors (Lipinski definition) is 3. The highest BCUT2D eigenvalue weighted by Gasteiger charge is 2.22. The van der Waals surface area contributed by atoms with E-state index >= 15 is 0 Å². The van der Waals surface area contributed by atoms with Gasteiger partial charge in [-0.15, -0.1) is 0 Å². The molecule has 0 aliphatic rings. The van der Waals surface area contributed by atoms with E-state index in [0.717, 1.165) is 11.3 Å². The Hall–Kier alpha value is -1.11. The second-order valence-corrected chi connectivity index (χ2v) is 8.38. The Balaban J connectivity index is 2.87. The van der Waals surface area contributed by atoms with Crippen molar-refractivity contribution in [1.82, 2.24) is 4.72 Å². The van der Waals surface area contributed by atoms with Crippen molar-refractivity contribution in [3.63, 3.8) is 0 Å². The SMILES string of the molecule is CC(C)S(=O)(=O)NC[C@@H](c1ccc(N(C)C)cc1)[NH+](C)C. The quantitative estimate of drug-likeness (QED) is 0.759. The molecule has 1 aromatic rings. The molecule has 0 aliphatic carbocycles. The highest BCUT2D eigenvalue weighted by molar-refractivity contribution is 7.90. The summed E-state index contributed by atoms with van der Waals surface area (Å²) >= 11 is 0. The maximum Gasteiger partial charge on any atom is 0.214 e. The first-order valence-electron chi connectivity index (χ1n) is 7.21. The minimum atomic E-state index is -3.23. The average Bonchev–Trinajstić information content (AvgIpc) is 2.38. The monoisotopic (exact) mass is 314 g/mol. The topological polar surface area (TPSA) is 53.9 Å². The minimum Gasteiger partial charge on any atom is -0.378 e. The van der Waals surface area contributed by atoms with Crippen molar-refractivity contribution < 1.29 is 13.3 Å². The van der Waals surface area contributed by atoms with Crippen molar-refractivity contribution in [2.75, 3.05) is 39.6 Å². The molecule has 0 radical (unpaired) electrons. The van der Waals surface area contributed by atoms with Gasteiger partial charge in [-0.1, -0.05) is 12.1 Å². The van der Waals surface area contributed by atoms with E-state index < -0.39 is 15.3 Å². The number of likely N-dealkylation sites (N-methyl/N-ethyl adjacent to an activating group) is 1. The molecule has 0 amide bonds. The standard InChI is InChI=1S/C15H27N3O2S/c1-12(2)21(19,20)16-11-15(18(5)6)13-7-9-14(10-8-13)17(3)4/h7-10,12,15-16H,11H2,1-6H3/p+1/t15-/m0/s1. The van der Waals surface area contributed by atoms with Crippen LogP contribution < -0.4 is 14.5 Å². The lowest BCUT2D eigenvalue weighted by atomic mass is 10.1. The third-order valence-corrected chi connectivity index (χ3v) is 5.43. The first-order chi connectivity index (χ1) is 9.65. The molecular formula is C15H28N3O2S+. The molecule has 21 heavy (non-hydrogen) atoms. The molecule has 1 rings (SSSR count). The lowest BCUT2D eigenvalue weighted by Crippen LogP contribution is -3.07. The fourth-order valence-corrected chi connectivity index (χ4v) is 2.76. The normalized spacial score (nSPS) is 13.7. The van der Waals surface area contributed by atoms with Crippen LogP contribution in [0.15, 0.2) is 24.3 Å². The summed E-state index contributed by atoms with van der Waals surface area (Å²) in [6.07, 6.45) is 0. The zero-order chi connectivity index (χ0) is 16.2. The molecule has 0 aliphatic heterocycles. The molecule has 0 heterocycles. The predicted octanol–water partition coefficient (Wildman–Crippen LogP) is 0.266. The van der Waals surface area contributed by atoms with Gasteiger partial charge in [0.15, 0.2) is 0 Å². The van der Waals surface area contributed by atoms with Gasteiger partial charge in [0.1, 0.15) is 6.04 Å². The number of quaternary nitrogens is 1. The summed E-state index contributed by atoms with van der Waals surface area (Å²) in [6, 6.07) is 8.34. The zero-order valence-corrected chi connectivity index (χ0v) is 14.7. The van der Waals surface area contributed by atoms with E-state index in [2.05, 4.69) is 29.0 Å². The Bertz CT molecular complexity index is 537. The van der Waals surface area contributed by atoms with Gasteiger partial charge in [0.05, 0.1) is 25.9 Å². The Kier molecular flexibility index (Phi) is 6.19. The van der Waals surface area contributed by atoms with E-state index in [4.69, 9.17) is 0 Å². The number of sulfonamides is 1. The summed E-state index contributed by atoms with van der Waals surface area (Å²) in [7, 11) is 4.84. The first-order valence-corrected chi connectivity index (χ1v) is 8.75. The summed E-state index contributed by atoms with van der Waals surface area (Å²) in [5.74, 6) is 0. The van der Waals surface area contributed by atoms with Gasteiger partial charge in [-0.3, -0.25) is 0 Å². The largest absolute Gasteiger partial charge is 0.378 e. The van der Waals surface area contributed by atoms with Crippen LogP contribution in [0.4, 0.5) is 5.69 Å². The van der Waals surface area contributed by atoms with Crippen LogP contribution in [-0.4, -0.2) is 48.4 Å². The van der Waals surface area contributed by atoms with Crippen molar-refractivity contribution in [2.45, 2.75) is 25.1 Å². The lowest BCUT2D eigenvalue weighted by Gasteiger charge is -2.23. The zero-order valence-electron chi connectivity index (χ0n) is 13.8. The van der Waals surface area contributed by atoms with E-state index in [9.17, 15) is 8.42 Å². The Morgan fingerprint density at radius 3 is 2.05 bits per heavy atom. The van der Waals surface area contributed by atoms with E-state index in [1.807, 2.05) is 33.1 Å². The maximum absolute atomic E-state index is 11.9. The molecule has 0 unspecified atom stereocenters. The molecule has 6 heteroatoms. The molecule has 0 saturated heterocycles. The van der Waals surface area contributed by atoms with Crippen LogP contribution in [0.5, 0.6) is 0 Å². The number of rotatable bonds is 7. The van der Waals surface area contributed by atoms with Gasteiger partial charge in [0.25, 0.3) is 0 Å². The summed E-state index contributed by atoms with van der Waals surface area (Å²) < 4.78 is 26.5. The first kappa shape index (κ1) is 17.9. The van der Waals surface area contributed by atoms with Crippen LogP contribution in [0.2, 0.25) is 0 Å². The molecule has 0 saturated carbocycles. The second-order valence-electron chi connectivity index (χ2n) is 6.06. The van der Waals surface area contributed by atoms with Crippen molar-refractivity contribution in [2.24, 2.45) is 0 Å². The van der Waals surface area contributed by atoms with E-state index in [-0.39, 0.29) is 6.04 Å². The van der Waals surface area contributed by atoms with Gasteiger partial charge < -0.3 is 9.80 Å². The van der Waals surface area contributed by atoms with Gasteiger partial charge in [0, 0.05) is 25.3 Å². The molecule has 0 bridgehead atoms. The van der Waals surface area contributed by atoms with Crippen LogP contribution in [-0.2, 0) is 10.0 Å². The van der Waals surface area contributed by atoms with Crippen molar-refractivity contribution in [1.29, 1.82) is 0 Å². The summed E-state index contributed by atoms with van der Waals surface area (Å²) in [5, 5.41) is -0.411. The molecule has 2 N–H and O–H groups in total. The van der Waals surface area contributed by atoms with Crippen molar-refractivity contribution >= 4 is 15.7 Å². The number of hydrogen-bond donors (Lipinski definition) is 2. The van der Waals surface area contributed by atoms with Gasteiger partial charge in [-0.2, -0.15) is 0 Å². The molecule has 0 aromatic heterocycles. The summed E-state index contributed by atoms with van der Waals surface area (Å²) in [6.45, 7) is 3.78. The Morgan fingerprint density at radius 1 is 1.14 bits per heavy atom. The van der Waals surface area contributed by atoms with Crippen molar-refractivity contribution in [3.8, 4) is 0 Å². The third-order valence-electron chi connectivity index (χ3n) is 3.62. The molecule has 1 atom stereocenters. The molecule has 120 valence electrons. The van der Waals surface area contributed by atoms with Gasteiger partial charge >= 0.3 is 0 Å². The number of benzene rings is 1. The lowest BCUT2D eigenvalue weighted by molar-refractivity contribution is -0.890. The van der Waals surface area contributed by atoms with Crippen LogP contribution >= 0.6 is 0 Å². The number of nitrogens with one attached hydrogen (secondary N) is 2. The van der Waals surface area contributed by atoms with E-state index in [1.54, 1.807) is 13.8 Å². The number of anilines is 1. The Labute approximate surface area is 129 Å². The summed E-state index contributed by atoms with van der Waals surface area (Å²) in [5.41, 5.74) is 2.26. The molecule has 0 spiro atoms. The van der Waals surface area contributed by atoms with Gasteiger partial charge in [-0.05, 0) is 26.0 Å². The average molecular weight is 314 g/mol. The highest BCUT2D eigenvalue weighted by atomic mass is 32.2. The van der Waals surface area contributed by atoms with Gasteiger partial charge in [0.2, 0.25) is 10.0 Å². The van der Waals surface area contributed by atoms with Crippen molar-refractivity contribution in [3.05, 3.63) is 29.8 Å². The predicted molar refractivity (Wildman–Crippen MR) is 88.4 cm³/mol.